The number of amides is 1. The number of benzene rings is 1. The van der Waals surface area contributed by atoms with E-state index in [-0.39, 0.29) is 11.9 Å². The average Bonchev–Trinajstić information content (AvgIpc) is 2.83. The van der Waals surface area contributed by atoms with Crippen LogP contribution < -0.4 is 10.6 Å². The molecule has 0 radical (unpaired) electrons. The van der Waals surface area contributed by atoms with Crippen molar-refractivity contribution in [2.45, 2.75) is 52.1 Å². The second-order valence-corrected chi connectivity index (χ2v) is 9.10. The maximum atomic E-state index is 13.2. The van der Waals surface area contributed by atoms with Crippen molar-refractivity contribution in [3.05, 3.63) is 70.5 Å². The van der Waals surface area contributed by atoms with Crippen LogP contribution in [-0.4, -0.2) is 32.5 Å². The van der Waals surface area contributed by atoms with Crippen LogP contribution in [0.25, 0.3) is 0 Å². The zero-order valence-electron chi connectivity index (χ0n) is 18.8. The predicted molar refractivity (Wildman–Crippen MR) is 128 cm³/mol. The number of guanidine groups is 1. The largest absolute Gasteiger partial charge is 0.329 e. The lowest BCUT2D eigenvalue weighted by atomic mass is 9.69. The number of carbonyl (C=O) groups excluding carboxylic acids is 1. The molecule has 0 saturated heterocycles. The molecule has 3 rings (SSSR count). The van der Waals surface area contributed by atoms with Gasteiger partial charge in [-0.2, -0.15) is 0 Å². The summed E-state index contributed by atoms with van der Waals surface area (Å²) in [5, 5.41) is 19.9. The highest BCUT2D eigenvalue weighted by atomic mass is 35.5. The highest BCUT2D eigenvalue weighted by Gasteiger charge is 2.43. The van der Waals surface area contributed by atoms with Crippen LogP contribution in [0.15, 0.2) is 60.0 Å². The Morgan fingerprint density at radius 1 is 1.21 bits per heavy atom. The van der Waals surface area contributed by atoms with Gasteiger partial charge in [0.2, 0.25) is 0 Å². The van der Waals surface area contributed by atoms with Crippen LogP contribution in [0.1, 0.15) is 56.3 Å². The van der Waals surface area contributed by atoms with Crippen molar-refractivity contribution in [1.82, 2.24) is 14.7 Å². The third kappa shape index (κ3) is 6.41. The number of halogens is 1. The molecule has 1 amide bonds. The van der Waals surface area contributed by atoms with Gasteiger partial charge in [-0.05, 0) is 43.0 Å². The molecular weight excluding hydrogens is 444 g/mol. The first-order valence-electron chi connectivity index (χ1n) is 11.0. The van der Waals surface area contributed by atoms with E-state index in [2.05, 4.69) is 20.7 Å². The number of aromatic nitrogens is 1. The van der Waals surface area contributed by atoms with Gasteiger partial charge in [0.05, 0.1) is 11.9 Å². The van der Waals surface area contributed by atoms with Crippen molar-refractivity contribution in [3.8, 4) is 0 Å². The van der Waals surface area contributed by atoms with E-state index in [1.165, 1.54) is 12.6 Å². The van der Waals surface area contributed by atoms with E-state index >= 15 is 0 Å². The Labute approximate surface area is 198 Å². The second kappa shape index (κ2) is 11.1. The summed E-state index contributed by atoms with van der Waals surface area (Å²) < 4.78 is 1.10. The highest BCUT2D eigenvalue weighted by molar-refractivity contribution is 6.24. The van der Waals surface area contributed by atoms with Crippen molar-refractivity contribution in [1.29, 1.82) is 0 Å². The molecule has 33 heavy (non-hydrogen) atoms. The van der Waals surface area contributed by atoms with Crippen LogP contribution in [0.4, 0.5) is 5.69 Å². The van der Waals surface area contributed by atoms with Crippen molar-refractivity contribution in [2.75, 3.05) is 5.32 Å². The van der Waals surface area contributed by atoms with Crippen molar-refractivity contribution in [3.63, 3.8) is 0 Å². The molecule has 1 aromatic heterocycles. The fourth-order valence-corrected chi connectivity index (χ4v) is 4.70. The Balaban J connectivity index is 1.95. The number of nitrogens with one attached hydrogen (secondary N) is 2. The third-order valence-electron chi connectivity index (χ3n) is 6.18. The molecule has 9 nitrogen and oxygen atoms in total. The molecule has 1 heterocycles. The van der Waals surface area contributed by atoms with Gasteiger partial charge in [-0.15, -0.1) is 0 Å². The molecule has 1 aromatic carbocycles. The fourth-order valence-electron chi connectivity index (χ4n) is 4.30. The van der Waals surface area contributed by atoms with Crippen LogP contribution in [0.3, 0.4) is 0 Å². The number of nitro groups is 1. The lowest BCUT2D eigenvalue weighted by Gasteiger charge is -2.45. The van der Waals surface area contributed by atoms with Gasteiger partial charge in [0.15, 0.2) is 5.03 Å². The minimum absolute atomic E-state index is 0.131. The maximum absolute atomic E-state index is 13.2. The molecule has 176 valence electrons. The van der Waals surface area contributed by atoms with Gasteiger partial charge in [-0.25, -0.2) is 14.5 Å². The van der Waals surface area contributed by atoms with E-state index in [1.807, 2.05) is 19.9 Å². The molecule has 1 aliphatic rings. The van der Waals surface area contributed by atoms with E-state index in [9.17, 15) is 14.9 Å². The summed E-state index contributed by atoms with van der Waals surface area (Å²) in [6.45, 7) is 4.06. The number of nitrogens with zero attached hydrogens (tertiary/aromatic N) is 4. The molecule has 10 heteroatoms. The smallest absolute Gasteiger partial charge is 0.274 e. The average molecular weight is 473 g/mol. The van der Waals surface area contributed by atoms with E-state index < -0.39 is 22.5 Å². The molecule has 1 unspecified atom stereocenters. The molecule has 0 bridgehead atoms. The van der Waals surface area contributed by atoms with Gasteiger partial charge in [0, 0.05) is 29.0 Å². The van der Waals surface area contributed by atoms with E-state index in [1.54, 1.807) is 42.6 Å². The normalized spacial score (nSPS) is 16.0. The summed E-state index contributed by atoms with van der Waals surface area (Å²) in [5.74, 6) is -0.266. The van der Waals surface area contributed by atoms with Crippen LogP contribution >= 0.6 is 11.8 Å². The van der Waals surface area contributed by atoms with Crippen LogP contribution in [0.5, 0.6) is 0 Å². The zero-order valence-corrected chi connectivity index (χ0v) is 19.5. The number of carbonyl (C=O) groups is 1. The molecular formula is C23H29ClN6O3. The van der Waals surface area contributed by atoms with E-state index in [0.29, 0.717) is 11.3 Å². The lowest BCUT2D eigenvalue weighted by Crippen LogP contribution is -2.58. The van der Waals surface area contributed by atoms with Gasteiger partial charge in [0.25, 0.3) is 11.9 Å². The molecule has 1 saturated carbocycles. The van der Waals surface area contributed by atoms with Gasteiger partial charge >= 0.3 is 0 Å². The molecule has 1 atom stereocenters. The predicted octanol–water partition coefficient (Wildman–Crippen LogP) is 4.86. The Hall–Kier alpha value is -3.20. The minimum atomic E-state index is -0.798. The van der Waals surface area contributed by atoms with Gasteiger partial charge in [0.1, 0.15) is 11.3 Å². The van der Waals surface area contributed by atoms with Crippen LogP contribution in [0, 0.1) is 21.4 Å². The monoisotopic (exact) mass is 472 g/mol. The molecule has 2 aromatic rings. The van der Waals surface area contributed by atoms with E-state index in [0.717, 1.165) is 30.1 Å². The van der Waals surface area contributed by atoms with Gasteiger partial charge < -0.3 is 10.6 Å². The topological polar surface area (TPSA) is 113 Å². The standard InChI is InChI=1S/C23H29ClN6O3/c1-23(2,18-12-7-4-8-13-18)21(29(24)20(31)17-10-5-3-6-11-17)27-22(28-30(32)33)26-19-14-9-15-25-16-19/h3,5-6,9-11,14-16,18,21H,4,7-8,12-13H2,1-2H3,(H2,26,27,28). The first kappa shape index (κ1) is 24.4. The zero-order chi connectivity index (χ0) is 23.8. The summed E-state index contributed by atoms with van der Waals surface area (Å²) in [4.78, 5) is 28.5. The lowest BCUT2D eigenvalue weighted by molar-refractivity contribution is -0.485. The van der Waals surface area contributed by atoms with Crippen LogP contribution in [0.2, 0.25) is 0 Å². The minimum Gasteiger partial charge on any atom is -0.329 e. The third-order valence-corrected chi connectivity index (χ3v) is 6.53. The van der Waals surface area contributed by atoms with Crippen molar-refractivity contribution in [2.24, 2.45) is 16.4 Å². The number of pyridine rings is 1. The van der Waals surface area contributed by atoms with Gasteiger partial charge in [-0.3, -0.25) is 9.78 Å². The summed E-state index contributed by atoms with van der Waals surface area (Å²) in [6.07, 6.45) is 7.69. The summed E-state index contributed by atoms with van der Waals surface area (Å²) in [5.41, 5.74) is 0.419. The fraction of sp³-hybridized carbons (Fsp3) is 0.435. The number of hydrogen-bond donors (Lipinski definition) is 2. The summed E-state index contributed by atoms with van der Waals surface area (Å²) in [7, 11) is 0. The number of hydrazone groups is 1. The first-order valence-corrected chi connectivity index (χ1v) is 11.3. The molecule has 1 fully saturated rings. The summed E-state index contributed by atoms with van der Waals surface area (Å²) in [6, 6.07) is 12.1. The van der Waals surface area contributed by atoms with E-state index in [4.69, 9.17) is 11.8 Å². The second-order valence-electron chi connectivity index (χ2n) is 8.74. The number of rotatable bonds is 7. The Kier molecular flexibility index (Phi) is 8.21. The van der Waals surface area contributed by atoms with Gasteiger partial charge in [-0.1, -0.05) is 51.3 Å². The Morgan fingerprint density at radius 3 is 2.52 bits per heavy atom. The van der Waals surface area contributed by atoms with Crippen LogP contribution in [-0.2, 0) is 0 Å². The quantitative estimate of drug-likeness (QED) is 0.148. The van der Waals surface area contributed by atoms with Crippen molar-refractivity contribution >= 4 is 29.3 Å². The maximum Gasteiger partial charge on any atom is 0.274 e. The number of anilines is 1. The molecule has 0 aliphatic heterocycles. The first-order chi connectivity index (χ1) is 15.8. The molecule has 1 aliphatic carbocycles. The number of hydrogen-bond acceptors (Lipinski definition) is 4. The Morgan fingerprint density at radius 2 is 1.91 bits per heavy atom. The SMILES string of the molecule is CC(C)(C1CCCCC1)C(NC(=N[N+](=O)[O-])Nc1cccnc1)N(Cl)C(=O)c1ccccc1. The highest BCUT2D eigenvalue weighted by Crippen LogP contribution is 2.42. The summed E-state index contributed by atoms with van der Waals surface area (Å²) >= 11 is 6.68. The van der Waals surface area contributed by atoms with Crippen molar-refractivity contribution < 1.29 is 9.83 Å². The Bertz CT molecular complexity index is 965. The molecule has 0 spiro atoms. The molecule has 2 N–H and O–H groups in total.